The van der Waals surface area contributed by atoms with Crippen molar-refractivity contribution in [3.05, 3.63) is 5.82 Å². The van der Waals surface area contributed by atoms with E-state index in [1.54, 1.807) is 0 Å². The molecular formula is C12H21N5. The average molecular weight is 235 g/mol. The average Bonchev–Trinajstić information content (AvgIpc) is 3.02. The molecule has 1 aromatic rings. The van der Waals surface area contributed by atoms with Crippen molar-refractivity contribution in [2.45, 2.75) is 57.7 Å². The van der Waals surface area contributed by atoms with Crippen molar-refractivity contribution in [1.29, 1.82) is 0 Å². The van der Waals surface area contributed by atoms with Crippen LogP contribution in [0, 0.1) is 0 Å². The molecule has 2 aliphatic rings. The molecule has 0 amide bonds. The van der Waals surface area contributed by atoms with E-state index in [9.17, 15) is 0 Å². The van der Waals surface area contributed by atoms with Crippen molar-refractivity contribution >= 4 is 5.95 Å². The van der Waals surface area contributed by atoms with Crippen LogP contribution in [0.15, 0.2) is 0 Å². The molecule has 5 nitrogen and oxygen atoms in total. The molecule has 3 heterocycles. The molecule has 0 saturated carbocycles. The van der Waals surface area contributed by atoms with E-state index in [1.165, 1.54) is 25.1 Å². The molecule has 3 atom stereocenters. The van der Waals surface area contributed by atoms with Crippen LogP contribution in [0.5, 0.6) is 0 Å². The Morgan fingerprint density at radius 3 is 2.82 bits per heavy atom. The molecule has 2 bridgehead atoms. The highest BCUT2D eigenvalue weighted by atomic mass is 15.4. The first-order chi connectivity index (χ1) is 8.33. The number of hydrogen-bond acceptors (Lipinski definition) is 4. The zero-order valence-electron chi connectivity index (χ0n) is 10.6. The number of hydrogen-bond donors (Lipinski definition) is 2. The van der Waals surface area contributed by atoms with Gasteiger partial charge in [-0.15, -0.1) is 10.2 Å². The highest BCUT2D eigenvalue weighted by Crippen LogP contribution is 2.39. The minimum atomic E-state index is 0.564. The summed E-state index contributed by atoms with van der Waals surface area (Å²) in [5, 5.41) is 15.6. The Labute approximate surface area is 102 Å². The minimum absolute atomic E-state index is 0.564. The first kappa shape index (κ1) is 11.0. The lowest BCUT2D eigenvalue weighted by molar-refractivity contribution is 0.469. The van der Waals surface area contributed by atoms with E-state index in [-0.39, 0.29) is 0 Å². The molecule has 94 valence electrons. The quantitative estimate of drug-likeness (QED) is 0.827. The Morgan fingerprint density at radius 2 is 2.24 bits per heavy atom. The van der Waals surface area contributed by atoms with Crippen molar-refractivity contribution in [3.8, 4) is 0 Å². The molecule has 3 unspecified atom stereocenters. The summed E-state index contributed by atoms with van der Waals surface area (Å²) in [6.07, 6.45) is 3.86. The van der Waals surface area contributed by atoms with Gasteiger partial charge < -0.3 is 10.6 Å². The fourth-order valence-electron chi connectivity index (χ4n) is 3.30. The van der Waals surface area contributed by atoms with E-state index < -0.39 is 0 Å². The Hall–Kier alpha value is -1.10. The molecular weight excluding hydrogens is 214 g/mol. The monoisotopic (exact) mass is 235 g/mol. The maximum atomic E-state index is 4.42. The maximum Gasteiger partial charge on any atom is 0.224 e. The summed E-state index contributed by atoms with van der Waals surface area (Å²) in [6.45, 7) is 6.09. The number of nitrogens with one attached hydrogen (secondary N) is 2. The van der Waals surface area contributed by atoms with Gasteiger partial charge in [-0.3, -0.25) is 4.57 Å². The summed E-state index contributed by atoms with van der Waals surface area (Å²) in [5.74, 6) is 2.66. The second-order valence-corrected chi connectivity index (χ2v) is 5.05. The predicted molar refractivity (Wildman–Crippen MR) is 67.2 cm³/mol. The normalized spacial score (nSPS) is 31.1. The van der Waals surface area contributed by atoms with E-state index in [0.29, 0.717) is 12.0 Å². The smallest absolute Gasteiger partial charge is 0.224 e. The van der Waals surface area contributed by atoms with Crippen LogP contribution in [-0.4, -0.2) is 33.4 Å². The third kappa shape index (κ3) is 1.73. The molecule has 0 aromatic carbocycles. The molecule has 5 heteroatoms. The Bertz CT molecular complexity index is 400. The van der Waals surface area contributed by atoms with Gasteiger partial charge in [0.15, 0.2) is 0 Å². The molecule has 2 saturated heterocycles. The van der Waals surface area contributed by atoms with E-state index in [2.05, 4.69) is 39.2 Å². The van der Waals surface area contributed by atoms with Gasteiger partial charge >= 0.3 is 0 Å². The molecule has 2 aliphatic heterocycles. The van der Waals surface area contributed by atoms with E-state index in [1.807, 2.05) is 0 Å². The lowest BCUT2D eigenvalue weighted by Gasteiger charge is -2.20. The van der Waals surface area contributed by atoms with Crippen LogP contribution in [0.2, 0.25) is 0 Å². The summed E-state index contributed by atoms with van der Waals surface area (Å²) in [4.78, 5) is 0. The van der Waals surface area contributed by atoms with Gasteiger partial charge in [0.05, 0.1) is 0 Å². The van der Waals surface area contributed by atoms with Crippen LogP contribution in [0.3, 0.4) is 0 Å². The number of aromatic nitrogens is 3. The van der Waals surface area contributed by atoms with Crippen molar-refractivity contribution in [2.75, 3.05) is 11.9 Å². The third-order valence-electron chi connectivity index (χ3n) is 4.06. The van der Waals surface area contributed by atoms with Gasteiger partial charge in [-0.1, -0.05) is 0 Å². The van der Waals surface area contributed by atoms with Crippen LogP contribution in [0.1, 0.15) is 44.9 Å². The molecule has 3 rings (SSSR count). The van der Waals surface area contributed by atoms with Gasteiger partial charge in [0, 0.05) is 31.1 Å². The molecule has 2 N–H and O–H groups in total. The lowest BCUT2D eigenvalue weighted by Crippen LogP contribution is -2.24. The standard InChI is InChI=1S/C12H21N5/c1-3-13-12-16-15-11(17(12)4-2)9-7-8-5-6-10(9)14-8/h8-10,14H,3-7H2,1-2H3,(H,13,16). The summed E-state index contributed by atoms with van der Waals surface area (Å²) >= 11 is 0. The first-order valence-corrected chi connectivity index (χ1v) is 6.76. The molecule has 0 radical (unpaired) electrons. The largest absolute Gasteiger partial charge is 0.355 e. The van der Waals surface area contributed by atoms with Gasteiger partial charge in [-0.25, -0.2) is 0 Å². The third-order valence-corrected chi connectivity index (χ3v) is 4.06. The minimum Gasteiger partial charge on any atom is -0.355 e. The maximum absolute atomic E-state index is 4.42. The number of anilines is 1. The van der Waals surface area contributed by atoms with Crippen LogP contribution < -0.4 is 10.6 Å². The second-order valence-electron chi connectivity index (χ2n) is 5.05. The Balaban J connectivity index is 1.87. The van der Waals surface area contributed by atoms with Gasteiger partial charge in [0.1, 0.15) is 5.82 Å². The van der Waals surface area contributed by atoms with Crippen molar-refractivity contribution in [3.63, 3.8) is 0 Å². The Kier molecular flexibility index (Phi) is 2.78. The lowest BCUT2D eigenvalue weighted by atomic mass is 9.88. The van der Waals surface area contributed by atoms with Crippen molar-refractivity contribution < 1.29 is 0 Å². The zero-order chi connectivity index (χ0) is 11.8. The number of nitrogens with zero attached hydrogens (tertiary/aromatic N) is 3. The first-order valence-electron chi connectivity index (χ1n) is 6.76. The highest BCUT2D eigenvalue weighted by molar-refractivity contribution is 5.28. The van der Waals surface area contributed by atoms with Crippen molar-refractivity contribution in [1.82, 2.24) is 20.1 Å². The van der Waals surface area contributed by atoms with Gasteiger partial charge in [0.25, 0.3) is 0 Å². The number of rotatable bonds is 4. The van der Waals surface area contributed by atoms with Gasteiger partial charge in [-0.2, -0.15) is 0 Å². The van der Waals surface area contributed by atoms with E-state index >= 15 is 0 Å². The second kappa shape index (κ2) is 4.29. The van der Waals surface area contributed by atoms with Crippen LogP contribution in [0.4, 0.5) is 5.95 Å². The predicted octanol–water partition coefficient (Wildman–Crippen LogP) is 1.34. The summed E-state index contributed by atoms with van der Waals surface area (Å²) < 4.78 is 2.23. The molecule has 0 aliphatic carbocycles. The molecule has 1 aromatic heterocycles. The fraction of sp³-hybridized carbons (Fsp3) is 0.833. The summed E-state index contributed by atoms with van der Waals surface area (Å²) in [6, 6.07) is 1.35. The van der Waals surface area contributed by atoms with Crippen LogP contribution in [-0.2, 0) is 6.54 Å². The topological polar surface area (TPSA) is 54.8 Å². The zero-order valence-corrected chi connectivity index (χ0v) is 10.6. The fourth-order valence-corrected chi connectivity index (χ4v) is 3.30. The molecule has 2 fully saturated rings. The Morgan fingerprint density at radius 1 is 1.35 bits per heavy atom. The molecule has 17 heavy (non-hydrogen) atoms. The van der Waals surface area contributed by atoms with Crippen LogP contribution >= 0.6 is 0 Å². The van der Waals surface area contributed by atoms with Crippen LogP contribution in [0.25, 0.3) is 0 Å². The number of fused-ring (bicyclic) bond motifs is 2. The van der Waals surface area contributed by atoms with Crippen molar-refractivity contribution in [2.24, 2.45) is 0 Å². The highest BCUT2D eigenvalue weighted by Gasteiger charge is 2.42. The van der Waals surface area contributed by atoms with E-state index in [4.69, 9.17) is 0 Å². The van der Waals surface area contributed by atoms with Gasteiger partial charge in [0.2, 0.25) is 5.95 Å². The summed E-state index contributed by atoms with van der Waals surface area (Å²) in [5.41, 5.74) is 0. The SMILES string of the molecule is CCNc1nnc(C2CC3CCC2N3)n1CC. The van der Waals surface area contributed by atoms with Gasteiger partial charge in [-0.05, 0) is 33.1 Å². The van der Waals surface area contributed by atoms with E-state index in [0.717, 1.165) is 25.1 Å². The summed E-state index contributed by atoms with van der Waals surface area (Å²) in [7, 11) is 0. The molecule has 0 spiro atoms.